The molecule has 2 rings (SSSR count). The number of aryl methyl sites for hydroxylation is 1. The second-order valence-corrected chi connectivity index (χ2v) is 6.04. The normalized spacial score (nSPS) is 11.7. The fourth-order valence-corrected chi connectivity index (χ4v) is 2.81. The Morgan fingerprint density at radius 2 is 2.00 bits per heavy atom. The van der Waals surface area contributed by atoms with Crippen molar-refractivity contribution < 1.29 is 4.79 Å². The molecule has 0 spiro atoms. The van der Waals surface area contributed by atoms with Crippen molar-refractivity contribution in [3.05, 3.63) is 57.3 Å². The minimum Gasteiger partial charge on any atom is -0.348 e. The summed E-state index contributed by atoms with van der Waals surface area (Å²) in [4.78, 5) is 14.4. The van der Waals surface area contributed by atoms with Gasteiger partial charge in [0, 0.05) is 9.75 Å². The molecule has 0 fully saturated rings. The minimum absolute atomic E-state index is 0.00624. The molecule has 0 radical (unpaired) electrons. The summed E-state index contributed by atoms with van der Waals surface area (Å²) in [6, 6.07) is 13.3. The number of nitrogens with zero attached hydrogens (tertiary/aromatic N) is 1. The molecule has 0 saturated heterocycles. The van der Waals surface area contributed by atoms with Crippen LogP contribution in [0.4, 0.5) is 0 Å². The van der Waals surface area contributed by atoms with Crippen LogP contribution in [-0.4, -0.2) is 5.91 Å². The third-order valence-corrected chi connectivity index (χ3v) is 4.20. The average Bonchev–Trinajstić information content (AvgIpc) is 2.86. The van der Waals surface area contributed by atoms with Crippen molar-refractivity contribution in [1.82, 2.24) is 5.32 Å². The molecular weight excluding hydrogens is 268 g/mol. The second kappa shape index (κ2) is 6.36. The molecule has 0 aliphatic carbocycles. The molecule has 0 bridgehead atoms. The molecule has 0 aliphatic rings. The molecule has 2 aromatic rings. The van der Waals surface area contributed by atoms with Crippen molar-refractivity contribution in [2.75, 3.05) is 0 Å². The van der Waals surface area contributed by atoms with Crippen LogP contribution in [-0.2, 0) is 11.2 Å². The van der Waals surface area contributed by atoms with E-state index in [4.69, 9.17) is 5.26 Å². The first-order chi connectivity index (χ1) is 9.58. The van der Waals surface area contributed by atoms with Gasteiger partial charge in [-0.05, 0) is 43.7 Å². The molecule has 1 atom stereocenters. The number of benzene rings is 1. The zero-order chi connectivity index (χ0) is 14.5. The average molecular weight is 284 g/mol. The number of amides is 1. The van der Waals surface area contributed by atoms with Crippen molar-refractivity contribution in [3.63, 3.8) is 0 Å². The van der Waals surface area contributed by atoms with Gasteiger partial charge in [0.05, 0.1) is 24.1 Å². The highest BCUT2D eigenvalue weighted by Gasteiger charge is 2.11. The molecular formula is C16H16N2OS. The summed E-state index contributed by atoms with van der Waals surface area (Å²) < 4.78 is 0. The van der Waals surface area contributed by atoms with Crippen molar-refractivity contribution in [2.45, 2.75) is 26.3 Å². The standard InChI is InChI=1S/C16H16N2OS/c1-11-3-8-15(20-11)12(2)18-16(19)9-13-4-6-14(10-17)7-5-13/h3-8,12H,9H2,1-2H3,(H,18,19). The lowest BCUT2D eigenvalue weighted by atomic mass is 10.1. The maximum Gasteiger partial charge on any atom is 0.224 e. The number of nitrogens with one attached hydrogen (secondary N) is 1. The zero-order valence-electron chi connectivity index (χ0n) is 11.5. The molecule has 3 nitrogen and oxygen atoms in total. The van der Waals surface area contributed by atoms with Gasteiger partial charge in [-0.2, -0.15) is 5.26 Å². The van der Waals surface area contributed by atoms with Gasteiger partial charge < -0.3 is 5.32 Å². The van der Waals surface area contributed by atoms with Gasteiger partial charge >= 0.3 is 0 Å². The molecule has 0 aliphatic heterocycles. The molecule has 102 valence electrons. The molecule has 1 N–H and O–H groups in total. The Kier molecular flexibility index (Phi) is 4.54. The van der Waals surface area contributed by atoms with Crippen LogP contribution >= 0.6 is 11.3 Å². The lowest BCUT2D eigenvalue weighted by Crippen LogP contribution is -2.27. The highest BCUT2D eigenvalue weighted by atomic mass is 32.1. The number of thiophene rings is 1. The lowest BCUT2D eigenvalue weighted by Gasteiger charge is -2.12. The lowest BCUT2D eigenvalue weighted by molar-refractivity contribution is -0.121. The third kappa shape index (κ3) is 3.69. The van der Waals surface area contributed by atoms with Gasteiger partial charge in [0.15, 0.2) is 0 Å². The topological polar surface area (TPSA) is 52.9 Å². The molecule has 4 heteroatoms. The van der Waals surface area contributed by atoms with E-state index in [1.165, 1.54) is 4.88 Å². The molecule has 1 aromatic carbocycles. The first-order valence-electron chi connectivity index (χ1n) is 6.43. The summed E-state index contributed by atoms with van der Waals surface area (Å²) in [5, 5.41) is 11.7. The number of rotatable bonds is 4. The van der Waals surface area contributed by atoms with Crippen LogP contribution in [0.3, 0.4) is 0 Å². The summed E-state index contributed by atoms with van der Waals surface area (Å²) >= 11 is 1.70. The van der Waals surface area contributed by atoms with Crippen LogP contribution in [0.1, 0.15) is 33.8 Å². The van der Waals surface area contributed by atoms with Gasteiger partial charge in [0.25, 0.3) is 0 Å². The number of hydrogen-bond donors (Lipinski definition) is 1. The Balaban J connectivity index is 1.93. The largest absolute Gasteiger partial charge is 0.348 e. The van der Waals surface area contributed by atoms with Crippen molar-refractivity contribution >= 4 is 17.2 Å². The van der Waals surface area contributed by atoms with Gasteiger partial charge in [-0.15, -0.1) is 11.3 Å². The Hall–Kier alpha value is -2.12. The summed E-state index contributed by atoms with van der Waals surface area (Å²) in [6.45, 7) is 4.04. The fraction of sp³-hybridized carbons (Fsp3) is 0.250. The Labute approximate surface area is 122 Å². The van der Waals surface area contributed by atoms with Crippen LogP contribution in [0.25, 0.3) is 0 Å². The van der Waals surface area contributed by atoms with Crippen molar-refractivity contribution in [3.8, 4) is 6.07 Å². The van der Waals surface area contributed by atoms with E-state index in [1.807, 2.05) is 25.1 Å². The van der Waals surface area contributed by atoms with E-state index < -0.39 is 0 Å². The van der Waals surface area contributed by atoms with Crippen LogP contribution in [0.15, 0.2) is 36.4 Å². The number of carbonyl (C=O) groups is 1. The quantitative estimate of drug-likeness (QED) is 0.936. The number of nitriles is 1. The van der Waals surface area contributed by atoms with Gasteiger partial charge in [0.1, 0.15) is 0 Å². The molecule has 20 heavy (non-hydrogen) atoms. The van der Waals surface area contributed by atoms with Gasteiger partial charge in [-0.3, -0.25) is 4.79 Å². The molecule has 1 aromatic heterocycles. The predicted molar refractivity (Wildman–Crippen MR) is 80.5 cm³/mol. The fourth-order valence-electron chi connectivity index (χ4n) is 1.93. The summed E-state index contributed by atoms with van der Waals surface area (Å²) in [5.41, 5.74) is 1.52. The number of hydrogen-bond acceptors (Lipinski definition) is 3. The molecule has 1 unspecified atom stereocenters. The van der Waals surface area contributed by atoms with E-state index in [9.17, 15) is 4.79 Å². The summed E-state index contributed by atoms with van der Waals surface area (Å²) in [7, 11) is 0. The summed E-state index contributed by atoms with van der Waals surface area (Å²) in [6.07, 6.45) is 0.334. The maximum atomic E-state index is 12.0. The van der Waals surface area contributed by atoms with E-state index in [0.717, 1.165) is 10.4 Å². The molecule has 0 saturated carbocycles. The number of carbonyl (C=O) groups excluding carboxylic acids is 1. The predicted octanol–water partition coefficient (Wildman–Crippen LogP) is 3.35. The highest BCUT2D eigenvalue weighted by Crippen LogP contribution is 2.22. The van der Waals surface area contributed by atoms with Crippen LogP contribution in [0, 0.1) is 18.3 Å². The Morgan fingerprint density at radius 1 is 1.30 bits per heavy atom. The highest BCUT2D eigenvalue weighted by molar-refractivity contribution is 7.12. The van der Waals surface area contributed by atoms with E-state index in [-0.39, 0.29) is 11.9 Å². The Morgan fingerprint density at radius 3 is 2.55 bits per heavy atom. The van der Waals surface area contributed by atoms with E-state index in [1.54, 1.807) is 23.5 Å². The zero-order valence-corrected chi connectivity index (χ0v) is 12.3. The van der Waals surface area contributed by atoms with Gasteiger partial charge in [-0.25, -0.2) is 0 Å². The van der Waals surface area contributed by atoms with Crippen LogP contribution in [0.2, 0.25) is 0 Å². The SMILES string of the molecule is Cc1ccc(C(C)NC(=O)Cc2ccc(C#N)cc2)s1. The monoisotopic (exact) mass is 284 g/mol. The van der Waals surface area contributed by atoms with E-state index in [0.29, 0.717) is 12.0 Å². The smallest absolute Gasteiger partial charge is 0.224 e. The third-order valence-electron chi connectivity index (χ3n) is 3.01. The van der Waals surface area contributed by atoms with Gasteiger partial charge in [0.2, 0.25) is 5.91 Å². The second-order valence-electron chi connectivity index (χ2n) is 4.72. The van der Waals surface area contributed by atoms with E-state index in [2.05, 4.69) is 24.4 Å². The first-order valence-corrected chi connectivity index (χ1v) is 7.25. The molecule has 1 heterocycles. The van der Waals surface area contributed by atoms with Crippen molar-refractivity contribution in [1.29, 1.82) is 5.26 Å². The van der Waals surface area contributed by atoms with Crippen LogP contribution in [0.5, 0.6) is 0 Å². The van der Waals surface area contributed by atoms with Crippen LogP contribution < -0.4 is 5.32 Å². The first kappa shape index (κ1) is 14.3. The van der Waals surface area contributed by atoms with Gasteiger partial charge in [-0.1, -0.05) is 12.1 Å². The van der Waals surface area contributed by atoms with E-state index >= 15 is 0 Å². The molecule has 1 amide bonds. The Bertz CT molecular complexity index is 637. The minimum atomic E-state index is -0.00624. The van der Waals surface area contributed by atoms with Crippen molar-refractivity contribution in [2.24, 2.45) is 0 Å². The maximum absolute atomic E-state index is 12.0. The summed E-state index contributed by atoms with van der Waals surface area (Å²) in [5.74, 6) is -0.00624.